The van der Waals surface area contributed by atoms with Gasteiger partial charge >= 0.3 is 6.09 Å². The number of ether oxygens (including phenoxy) is 2. The van der Waals surface area contributed by atoms with Crippen molar-refractivity contribution in [2.75, 3.05) is 30.0 Å². The van der Waals surface area contributed by atoms with Gasteiger partial charge in [-0.25, -0.2) is 4.79 Å². The largest absolute Gasteiger partial charge is 0.494 e. The van der Waals surface area contributed by atoms with Crippen LogP contribution in [0.1, 0.15) is 18.4 Å². The number of cyclic esters (lactones) is 1. The van der Waals surface area contributed by atoms with E-state index in [1.807, 2.05) is 25.1 Å². The quantitative estimate of drug-likeness (QED) is 0.714. The summed E-state index contributed by atoms with van der Waals surface area (Å²) in [7, 11) is 0. The molecule has 1 heterocycles. The molecule has 0 aromatic heterocycles. The van der Waals surface area contributed by atoms with E-state index in [2.05, 4.69) is 5.32 Å². The fourth-order valence-electron chi connectivity index (χ4n) is 2.73. The number of rotatable bonds is 7. The number of carbonyl (C=O) groups excluding carboxylic acids is 2. The van der Waals surface area contributed by atoms with Gasteiger partial charge in [0, 0.05) is 22.8 Å². The van der Waals surface area contributed by atoms with Crippen molar-refractivity contribution in [1.29, 1.82) is 0 Å². The van der Waals surface area contributed by atoms with Crippen molar-refractivity contribution < 1.29 is 19.1 Å². The van der Waals surface area contributed by atoms with Gasteiger partial charge in [0.1, 0.15) is 12.4 Å². The van der Waals surface area contributed by atoms with E-state index in [0.29, 0.717) is 49.0 Å². The summed E-state index contributed by atoms with van der Waals surface area (Å²) >= 11 is 5.98. The van der Waals surface area contributed by atoms with Crippen molar-refractivity contribution in [3.8, 4) is 5.75 Å². The van der Waals surface area contributed by atoms with Crippen LogP contribution < -0.4 is 15.0 Å². The lowest BCUT2D eigenvalue weighted by Gasteiger charge is -2.14. The van der Waals surface area contributed by atoms with E-state index < -0.39 is 0 Å². The molecule has 0 atom stereocenters. The van der Waals surface area contributed by atoms with Crippen LogP contribution in [0, 0.1) is 6.92 Å². The zero-order chi connectivity index (χ0) is 19.2. The standard InChI is InChI=1S/C20H21ClN2O4/c1-14-12-17(7-8-18(14)21)26-10-3-6-19(24)22-15-4-2-5-16(13-15)23-9-11-27-20(23)25/h2,4-5,7-8,12-13H,3,6,9-11H2,1H3,(H,22,24). The Labute approximate surface area is 163 Å². The van der Waals surface area contributed by atoms with Gasteiger partial charge in [-0.05, 0) is 55.3 Å². The molecule has 0 bridgehead atoms. The predicted octanol–water partition coefficient (Wildman–Crippen LogP) is 4.40. The molecule has 1 fully saturated rings. The van der Waals surface area contributed by atoms with Gasteiger partial charge in [-0.2, -0.15) is 0 Å². The van der Waals surface area contributed by atoms with Crippen LogP contribution in [-0.2, 0) is 9.53 Å². The van der Waals surface area contributed by atoms with Crippen LogP contribution in [-0.4, -0.2) is 31.8 Å². The minimum atomic E-state index is -0.368. The Balaban J connectivity index is 1.45. The van der Waals surface area contributed by atoms with E-state index in [0.717, 1.165) is 11.3 Å². The molecule has 0 radical (unpaired) electrons. The van der Waals surface area contributed by atoms with E-state index >= 15 is 0 Å². The van der Waals surface area contributed by atoms with Crippen LogP contribution in [0.2, 0.25) is 5.02 Å². The molecule has 6 nitrogen and oxygen atoms in total. The second kappa shape index (κ2) is 8.77. The molecule has 1 aliphatic rings. The van der Waals surface area contributed by atoms with Crippen molar-refractivity contribution in [1.82, 2.24) is 0 Å². The molecule has 2 amide bonds. The van der Waals surface area contributed by atoms with Crippen LogP contribution in [0.4, 0.5) is 16.2 Å². The van der Waals surface area contributed by atoms with E-state index in [4.69, 9.17) is 21.1 Å². The topological polar surface area (TPSA) is 67.9 Å². The molecule has 142 valence electrons. The number of nitrogens with zero attached hydrogens (tertiary/aromatic N) is 1. The van der Waals surface area contributed by atoms with Gasteiger partial charge in [0.25, 0.3) is 0 Å². The summed E-state index contributed by atoms with van der Waals surface area (Å²) in [6.45, 7) is 3.24. The van der Waals surface area contributed by atoms with Gasteiger partial charge in [-0.3, -0.25) is 9.69 Å². The number of aryl methyl sites for hydroxylation is 1. The van der Waals surface area contributed by atoms with Gasteiger partial charge < -0.3 is 14.8 Å². The van der Waals surface area contributed by atoms with Gasteiger partial charge in [0.05, 0.1) is 13.2 Å². The molecule has 0 saturated carbocycles. The monoisotopic (exact) mass is 388 g/mol. The van der Waals surface area contributed by atoms with Gasteiger partial charge in [-0.1, -0.05) is 17.7 Å². The zero-order valence-corrected chi connectivity index (χ0v) is 15.8. The highest BCUT2D eigenvalue weighted by atomic mass is 35.5. The van der Waals surface area contributed by atoms with E-state index in [-0.39, 0.29) is 12.0 Å². The Hall–Kier alpha value is -2.73. The molecule has 0 spiro atoms. The lowest BCUT2D eigenvalue weighted by molar-refractivity contribution is -0.116. The molecule has 1 N–H and O–H groups in total. The number of anilines is 2. The molecule has 0 unspecified atom stereocenters. The number of halogens is 1. The average molecular weight is 389 g/mol. The number of hydrogen-bond acceptors (Lipinski definition) is 4. The number of amides is 2. The van der Waals surface area contributed by atoms with E-state index in [1.165, 1.54) is 4.90 Å². The lowest BCUT2D eigenvalue weighted by atomic mass is 10.2. The molecule has 7 heteroatoms. The summed E-state index contributed by atoms with van der Waals surface area (Å²) in [5, 5.41) is 3.55. The van der Waals surface area contributed by atoms with Crippen molar-refractivity contribution in [3.63, 3.8) is 0 Å². The molecular formula is C20H21ClN2O4. The maximum absolute atomic E-state index is 12.1. The Morgan fingerprint density at radius 2 is 2.15 bits per heavy atom. The van der Waals surface area contributed by atoms with Crippen LogP contribution in [0.5, 0.6) is 5.75 Å². The minimum absolute atomic E-state index is 0.105. The molecule has 27 heavy (non-hydrogen) atoms. The zero-order valence-electron chi connectivity index (χ0n) is 15.0. The smallest absolute Gasteiger partial charge is 0.414 e. The van der Waals surface area contributed by atoms with Crippen LogP contribution in [0.25, 0.3) is 0 Å². The summed E-state index contributed by atoms with van der Waals surface area (Å²) < 4.78 is 10.6. The molecule has 1 saturated heterocycles. The first kappa shape index (κ1) is 19.0. The van der Waals surface area contributed by atoms with Crippen molar-refractivity contribution in [3.05, 3.63) is 53.1 Å². The summed E-state index contributed by atoms with van der Waals surface area (Å²) in [5.74, 6) is 0.634. The third-order valence-corrected chi connectivity index (χ3v) is 4.57. The summed E-state index contributed by atoms with van der Waals surface area (Å²) in [6.07, 6.45) is 0.557. The van der Waals surface area contributed by atoms with Gasteiger partial charge in [0.2, 0.25) is 5.91 Å². The van der Waals surface area contributed by atoms with Crippen LogP contribution in [0.3, 0.4) is 0 Å². The SMILES string of the molecule is Cc1cc(OCCCC(=O)Nc2cccc(N3CCOC3=O)c2)ccc1Cl. The molecule has 1 aliphatic heterocycles. The summed E-state index contributed by atoms with van der Waals surface area (Å²) in [4.78, 5) is 25.3. The molecule has 2 aromatic carbocycles. The van der Waals surface area contributed by atoms with Crippen molar-refractivity contribution in [2.24, 2.45) is 0 Å². The first-order valence-corrected chi connectivity index (χ1v) is 9.14. The Bertz CT molecular complexity index is 840. The van der Waals surface area contributed by atoms with Crippen LogP contribution in [0.15, 0.2) is 42.5 Å². The van der Waals surface area contributed by atoms with Crippen LogP contribution >= 0.6 is 11.6 Å². The number of hydrogen-bond donors (Lipinski definition) is 1. The highest BCUT2D eigenvalue weighted by Gasteiger charge is 2.23. The third-order valence-electron chi connectivity index (χ3n) is 4.15. The summed E-state index contributed by atoms with van der Waals surface area (Å²) in [5.41, 5.74) is 2.30. The molecule has 3 rings (SSSR count). The molecular weight excluding hydrogens is 368 g/mol. The highest BCUT2D eigenvalue weighted by Crippen LogP contribution is 2.23. The predicted molar refractivity (Wildman–Crippen MR) is 105 cm³/mol. The third kappa shape index (κ3) is 5.14. The normalized spacial score (nSPS) is 13.4. The minimum Gasteiger partial charge on any atom is -0.494 e. The first-order chi connectivity index (χ1) is 13.0. The number of nitrogens with one attached hydrogen (secondary N) is 1. The maximum atomic E-state index is 12.1. The van der Waals surface area contributed by atoms with E-state index in [9.17, 15) is 9.59 Å². The van der Waals surface area contributed by atoms with Crippen molar-refractivity contribution in [2.45, 2.75) is 19.8 Å². The lowest BCUT2D eigenvalue weighted by Crippen LogP contribution is -2.23. The second-order valence-electron chi connectivity index (χ2n) is 6.23. The average Bonchev–Trinajstić information content (AvgIpc) is 3.08. The molecule has 2 aromatic rings. The van der Waals surface area contributed by atoms with Crippen molar-refractivity contribution >= 4 is 35.0 Å². The number of carbonyl (C=O) groups is 2. The van der Waals surface area contributed by atoms with Gasteiger partial charge in [0.15, 0.2) is 0 Å². The second-order valence-corrected chi connectivity index (χ2v) is 6.63. The fraction of sp³-hybridized carbons (Fsp3) is 0.300. The fourth-order valence-corrected chi connectivity index (χ4v) is 2.85. The summed E-state index contributed by atoms with van der Waals surface area (Å²) in [6, 6.07) is 12.6. The Morgan fingerprint density at radius 3 is 2.89 bits per heavy atom. The Morgan fingerprint density at radius 1 is 1.30 bits per heavy atom. The highest BCUT2D eigenvalue weighted by molar-refractivity contribution is 6.31. The maximum Gasteiger partial charge on any atom is 0.414 e. The first-order valence-electron chi connectivity index (χ1n) is 8.76. The number of benzene rings is 2. The molecule has 0 aliphatic carbocycles. The van der Waals surface area contributed by atoms with Gasteiger partial charge in [-0.15, -0.1) is 0 Å². The Kier molecular flexibility index (Phi) is 6.19. The van der Waals surface area contributed by atoms with E-state index in [1.54, 1.807) is 24.3 Å².